The molecule has 132 valence electrons. The van der Waals surface area contributed by atoms with Crippen LogP contribution in [0.3, 0.4) is 0 Å². The van der Waals surface area contributed by atoms with Crippen molar-refractivity contribution in [1.29, 1.82) is 0 Å². The molecule has 1 aliphatic rings. The molecule has 2 N–H and O–H groups in total. The Morgan fingerprint density at radius 2 is 1.96 bits per heavy atom. The molecule has 1 saturated carbocycles. The van der Waals surface area contributed by atoms with Gasteiger partial charge < -0.3 is 10.3 Å². The summed E-state index contributed by atoms with van der Waals surface area (Å²) in [6, 6.07) is 5.82. The fraction of sp³-hybridized carbons (Fsp3) is 0.412. The summed E-state index contributed by atoms with van der Waals surface area (Å²) in [7, 11) is 0. The van der Waals surface area contributed by atoms with Crippen LogP contribution in [0.25, 0.3) is 17.3 Å². The molecular weight excluding hydrogens is 340 g/mol. The number of aromatic nitrogens is 5. The molecular formula is C17H21ClN6O. The van der Waals surface area contributed by atoms with Crippen LogP contribution in [0, 0.1) is 13.8 Å². The molecule has 8 heteroatoms. The van der Waals surface area contributed by atoms with Crippen LogP contribution in [0.15, 0.2) is 28.9 Å². The maximum Gasteiger partial charge on any atom is 0.259 e. The number of nitrogens with zero attached hydrogens (tertiary/aromatic N) is 5. The molecule has 0 saturated heterocycles. The highest BCUT2D eigenvalue weighted by atomic mass is 35.5. The summed E-state index contributed by atoms with van der Waals surface area (Å²) in [5.41, 5.74) is 8.71. The molecule has 1 aliphatic carbocycles. The lowest BCUT2D eigenvalue weighted by Crippen LogP contribution is -2.34. The lowest BCUT2D eigenvalue weighted by Gasteiger charge is -2.17. The van der Waals surface area contributed by atoms with E-state index in [1.807, 2.05) is 36.7 Å². The van der Waals surface area contributed by atoms with Crippen molar-refractivity contribution < 1.29 is 4.52 Å². The van der Waals surface area contributed by atoms with Gasteiger partial charge >= 0.3 is 0 Å². The summed E-state index contributed by atoms with van der Waals surface area (Å²) in [5, 5.41) is 8.52. The molecule has 1 fully saturated rings. The van der Waals surface area contributed by atoms with E-state index >= 15 is 0 Å². The van der Waals surface area contributed by atoms with E-state index < -0.39 is 5.54 Å². The molecule has 3 aromatic heterocycles. The second-order valence-corrected chi connectivity index (χ2v) is 6.53. The Labute approximate surface area is 152 Å². The van der Waals surface area contributed by atoms with Crippen LogP contribution >= 0.6 is 12.4 Å². The molecule has 3 aromatic rings. The van der Waals surface area contributed by atoms with Crippen molar-refractivity contribution >= 4 is 12.4 Å². The highest BCUT2D eigenvalue weighted by Crippen LogP contribution is 2.35. The third-order valence-corrected chi connectivity index (χ3v) is 4.59. The predicted octanol–water partition coefficient (Wildman–Crippen LogP) is 3.08. The number of hydrogen-bond acceptors (Lipinski definition) is 6. The van der Waals surface area contributed by atoms with Crippen molar-refractivity contribution in [3.63, 3.8) is 0 Å². The second-order valence-electron chi connectivity index (χ2n) is 6.53. The number of hydrogen-bond donors (Lipinski definition) is 1. The summed E-state index contributed by atoms with van der Waals surface area (Å²) < 4.78 is 7.21. The third-order valence-electron chi connectivity index (χ3n) is 4.59. The van der Waals surface area contributed by atoms with E-state index in [1.54, 1.807) is 6.20 Å². The quantitative estimate of drug-likeness (QED) is 0.771. The summed E-state index contributed by atoms with van der Waals surface area (Å²) in [6.45, 7) is 3.96. The monoisotopic (exact) mass is 360 g/mol. The van der Waals surface area contributed by atoms with Crippen LogP contribution in [0.1, 0.15) is 42.9 Å². The van der Waals surface area contributed by atoms with E-state index in [2.05, 4.69) is 20.2 Å². The maximum absolute atomic E-state index is 6.38. The van der Waals surface area contributed by atoms with Gasteiger partial charge in [-0.05, 0) is 44.9 Å². The summed E-state index contributed by atoms with van der Waals surface area (Å²) in [4.78, 5) is 8.96. The Bertz CT molecular complexity index is 864. The molecule has 25 heavy (non-hydrogen) atoms. The van der Waals surface area contributed by atoms with Gasteiger partial charge in [-0.25, -0.2) is 9.67 Å². The van der Waals surface area contributed by atoms with Crippen molar-refractivity contribution in [2.24, 2.45) is 5.73 Å². The fourth-order valence-electron chi connectivity index (χ4n) is 3.27. The van der Waals surface area contributed by atoms with Gasteiger partial charge in [-0.1, -0.05) is 18.0 Å². The molecule has 0 bridgehead atoms. The second kappa shape index (κ2) is 6.57. The first-order chi connectivity index (χ1) is 11.5. The van der Waals surface area contributed by atoms with Gasteiger partial charge in [0, 0.05) is 11.9 Å². The normalized spacial score (nSPS) is 16.0. The van der Waals surface area contributed by atoms with Gasteiger partial charge in [0.05, 0.1) is 16.8 Å². The topological polar surface area (TPSA) is 95.7 Å². The Hall–Kier alpha value is -2.25. The van der Waals surface area contributed by atoms with E-state index in [0.717, 1.165) is 48.5 Å². The van der Waals surface area contributed by atoms with Crippen LogP contribution in [-0.4, -0.2) is 24.9 Å². The largest absolute Gasteiger partial charge is 0.334 e. The molecule has 0 radical (unpaired) electrons. The highest BCUT2D eigenvalue weighted by molar-refractivity contribution is 5.85. The van der Waals surface area contributed by atoms with Crippen LogP contribution in [0.2, 0.25) is 0 Å². The number of pyridine rings is 1. The molecule has 0 spiro atoms. The van der Waals surface area contributed by atoms with Crippen molar-refractivity contribution in [2.45, 2.75) is 45.1 Å². The summed E-state index contributed by atoms with van der Waals surface area (Å²) in [5.74, 6) is 1.81. The van der Waals surface area contributed by atoms with Gasteiger partial charge in [0.15, 0.2) is 11.6 Å². The van der Waals surface area contributed by atoms with Gasteiger partial charge in [-0.2, -0.15) is 10.1 Å². The zero-order chi connectivity index (χ0) is 16.7. The molecule has 0 atom stereocenters. The van der Waals surface area contributed by atoms with Crippen LogP contribution < -0.4 is 5.73 Å². The number of nitrogens with two attached hydrogens (primary N) is 1. The first-order valence-electron chi connectivity index (χ1n) is 8.18. The van der Waals surface area contributed by atoms with Crippen molar-refractivity contribution in [3.8, 4) is 17.3 Å². The van der Waals surface area contributed by atoms with Gasteiger partial charge in [0.25, 0.3) is 5.89 Å². The molecule has 4 rings (SSSR count). The van der Waals surface area contributed by atoms with Gasteiger partial charge in [0.1, 0.15) is 0 Å². The van der Waals surface area contributed by atoms with E-state index in [0.29, 0.717) is 11.7 Å². The minimum Gasteiger partial charge on any atom is -0.334 e. The van der Waals surface area contributed by atoms with E-state index in [-0.39, 0.29) is 12.4 Å². The Balaban J connectivity index is 0.00000182. The SMILES string of the molecule is Cc1cc(C)n(-c2ccc(-c3nc(C4(N)CCCC4)no3)cn2)n1.Cl. The lowest BCUT2D eigenvalue weighted by molar-refractivity contribution is 0.372. The van der Waals surface area contributed by atoms with Gasteiger partial charge in [-0.3, -0.25) is 0 Å². The molecule has 0 aliphatic heterocycles. The number of aryl methyl sites for hydroxylation is 2. The van der Waals surface area contributed by atoms with E-state index in [9.17, 15) is 0 Å². The number of rotatable bonds is 3. The first-order valence-corrected chi connectivity index (χ1v) is 8.18. The average Bonchev–Trinajstić information content (AvgIpc) is 3.28. The minimum absolute atomic E-state index is 0. The summed E-state index contributed by atoms with van der Waals surface area (Å²) in [6.07, 6.45) is 5.75. The standard InChI is InChI=1S/C17H20N6O.ClH/c1-11-9-12(2)23(21-11)14-6-5-13(10-19-14)15-20-16(22-24-15)17(18)7-3-4-8-17;/h5-6,9-10H,3-4,7-8,18H2,1-2H3;1H. The smallest absolute Gasteiger partial charge is 0.259 e. The molecule has 7 nitrogen and oxygen atoms in total. The zero-order valence-corrected chi connectivity index (χ0v) is 15.1. The van der Waals surface area contributed by atoms with Crippen LogP contribution in [0.5, 0.6) is 0 Å². The third kappa shape index (κ3) is 3.17. The maximum atomic E-state index is 6.38. The van der Waals surface area contributed by atoms with Crippen molar-refractivity contribution in [3.05, 3.63) is 41.6 Å². The molecule has 0 unspecified atom stereocenters. The lowest BCUT2D eigenvalue weighted by atomic mass is 9.99. The van der Waals surface area contributed by atoms with Crippen molar-refractivity contribution in [1.82, 2.24) is 24.9 Å². The highest BCUT2D eigenvalue weighted by Gasteiger charge is 2.36. The summed E-state index contributed by atoms with van der Waals surface area (Å²) >= 11 is 0. The first kappa shape index (κ1) is 17.6. The Morgan fingerprint density at radius 3 is 2.56 bits per heavy atom. The number of halogens is 1. The minimum atomic E-state index is -0.446. The Kier molecular flexibility index (Phi) is 4.62. The average molecular weight is 361 g/mol. The van der Waals surface area contributed by atoms with Crippen LogP contribution in [-0.2, 0) is 5.54 Å². The molecule has 3 heterocycles. The van der Waals surface area contributed by atoms with Crippen molar-refractivity contribution in [2.75, 3.05) is 0 Å². The molecule has 0 amide bonds. The van der Waals surface area contributed by atoms with Crippen LogP contribution in [0.4, 0.5) is 0 Å². The van der Waals surface area contributed by atoms with E-state index in [1.165, 1.54) is 0 Å². The Morgan fingerprint density at radius 1 is 1.20 bits per heavy atom. The van der Waals surface area contributed by atoms with Gasteiger partial charge in [-0.15, -0.1) is 12.4 Å². The zero-order valence-electron chi connectivity index (χ0n) is 14.3. The fourth-order valence-corrected chi connectivity index (χ4v) is 3.27. The molecule has 0 aromatic carbocycles. The van der Waals surface area contributed by atoms with E-state index in [4.69, 9.17) is 10.3 Å². The van der Waals surface area contributed by atoms with Gasteiger partial charge in [0.2, 0.25) is 0 Å². The predicted molar refractivity (Wildman–Crippen MR) is 95.7 cm³/mol.